The Kier molecular flexibility index (Phi) is 7.05. The molecule has 1 aliphatic rings. The van der Waals surface area contributed by atoms with E-state index in [1.54, 1.807) is 24.5 Å². The molecule has 188 valence electrons. The number of thiophene rings is 1. The SMILES string of the molecule is O=C(C1CCN(S(=O)(=O)c2ccc(Cl)s2)CC1)N(Cc1cccnc1)c1nc2c(F)cc(F)cc2s1. The van der Waals surface area contributed by atoms with Gasteiger partial charge < -0.3 is 0 Å². The third-order valence-corrected chi connectivity index (χ3v) is 10.5. The number of amides is 1. The molecule has 36 heavy (non-hydrogen) atoms. The highest BCUT2D eigenvalue weighted by molar-refractivity contribution is 7.91. The summed E-state index contributed by atoms with van der Waals surface area (Å²) in [6.45, 7) is 0.492. The number of pyridine rings is 1. The number of piperidine rings is 1. The quantitative estimate of drug-likeness (QED) is 0.314. The minimum Gasteiger partial charge on any atom is -0.283 e. The van der Waals surface area contributed by atoms with Crippen LogP contribution in [-0.2, 0) is 21.4 Å². The molecule has 1 amide bonds. The van der Waals surface area contributed by atoms with Crippen LogP contribution in [0.15, 0.2) is 53.0 Å². The highest BCUT2D eigenvalue weighted by atomic mass is 35.5. The summed E-state index contributed by atoms with van der Waals surface area (Å²) < 4.78 is 56.1. The molecule has 1 saturated heterocycles. The van der Waals surface area contributed by atoms with Crippen LogP contribution < -0.4 is 4.90 Å². The first-order valence-electron chi connectivity index (χ1n) is 10.9. The van der Waals surface area contributed by atoms with E-state index in [2.05, 4.69) is 9.97 Å². The summed E-state index contributed by atoms with van der Waals surface area (Å²) in [4.78, 5) is 23.5. The van der Waals surface area contributed by atoms with Crippen molar-refractivity contribution in [3.63, 3.8) is 0 Å². The molecule has 5 rings (SSSR count). The Balaban J connectivity index is 1.39. The molecule has 0 radical (unpaired) electrons. The molecular formula is C23H19ClF2N4O3S3. The average Bonchev–Trinajstić information content (AvgIpc) is 3.50. The molecule has 0 atom stereocenters. The van der Waals surface area contributed by atoms with E-state index in [-0.39, 0.29) is 40.4 Å². The van der Waals surface area contributed by atoms with Crippen molar-refractivity contribution in [3.8, 4) is 0 Å². The van der Waals surface area contributed by atoms with Crippen molar-refractivity contribution >= 4 is 65.6 Å². The Morgan fingerprint density at radius 2 is 1.94 bits per heavy atom. The topological polar surface area (TPSA) is 83.5 Å². The summed E-state index contributed by atoms with van der Waals surface area (Å²) in [5.74, 6) is -2.24. The lowest BCUT2D eigenvalue weighted by Gasteiger charge is -2.32. The number of sulfonamides is 1. The van der Waals surface area contributed by atoms with Crippen LogP contribution in [0, 0.1) is 17.6 Å². The predicted octanol–water partition coefficient (Wildman–Crippen LogP) is 5.32. The lowest BCUT2D eigenvalue weighted by Crippen LogP contribution is -2.44. The summed E-state index contributed by atoms with van der Waals surface area (Å²) >= 11 is 7.93. The number of hydrogen-bond acceptors (Lipinski definition) is 7. The molecular weight excluding hydrogens is 550 g/mol. The third kappa shape index (κ3) is 5.00. The van der Waals surface area contributed by atoms with Crippen molar-refractivity contribution in [2.75, 3.05) is 18.0 Å². The number of carbonyl (C=O) groups is 1. The number of fused-ring (bicyclic) bond motifs is 1. The maximum atomic E-state index is 14.3. The molecule has 3 aromatic heterocycles. The normalized spacial score (nSPS) is 15.4. The molecule has 0 saturated carbocycles. The Bertz CT molecular complexity index is 1520. The zero-order chi connectivity index (χ0) is 25.4. The lowest BCUT2D eigenvalue weighted by molar-refractivity contribution is -0.123. The molecule has 1 aromatic carbocycles. The average molecular weight is 569 g/mol. The van der Waals surface area contributed by atoms with Gasteiger partial charge in [0.05, 0.1) is 15.6 Å². The van der Waals surface area contributed by atoms with Crippen molar-refractivity contribution in [1.29, 1.82) is 0 Å². The first-order valence-corrected chi connectivity index (χ1v) is 14.4. The van der Waals surface area contributed by atoms with Crippen LogP contribution in [0.2, 0.25) is 4.34 Å². The fraction of sp³-hybridized carbons (Fsp3) is 0.261. The van der Waals surface area contributed by atoms with Crippen molar-refractivity contribution < 1.29 is 22.0 Å². The summed E-state index contributed by atoms with van der Waals surface area (Å²) in [6.07, 6.45) is 3.86. The maximum Gasteiger partial charge on any atom is 0.252 e. The van der Waals surface area contributed by atoms with Gasteiger partial charge in [-0.2, -0.15) is 4.31 Å². The number of thiazole rings is 1. The molecule has 1 aliphatic heterocycles. The number of rotatable bonds is 6. The van der Waals surface area contributed by atoms with Crippen LogP contribution in [0.25, 0.3) is 10.2 Å². The van der Waals surface area contributed by atoms with Gasteiger partial charge in [0.1, 0.15) is 15.5 Å². The van der Waals surface area contributed by atoms with Crippen LogP contribution in [0.5, 0.6) is 0 Å². The van der Waals surface area contributed by atoms with E-state index in [4.69, 9.17) is 11.6 Å². The lowest BCUT2D eigenvalue weighted by atomic mass is 9.96. The minimum atomic E-state index is -3.69. The number of benzene rings is 1. The van der Waals surface area contributed by atoms with Crippen molar-refractivity contribution in [1.82, 2.24) is 14.3 Å². The van der Waals surface area contributed by atoms with Gasteiger partial charge in [-0.05, 0) is 42.7 Å². The van der Waals surface area contributed by atoms with Crippen molar-refractivity contribution in [2.24, 2.45) is 5.92 Å². The van der Waals surface area contributed by atoms with Gasteiger partial charge in [0.2, 0.25) is 5.91 Å². The largest absolute Gasteiger partial charge is 0.283 e. The molecule has 0 N–H and O–H groups in total. The summed E-state index contributed by atoms with van der Waals surface area (Å²) in [6, 6.07) is 8.51. The van der Waals surface area contributed by atoms with Gasteiger partial charge in [0, 0.05) is 37.5 Å². The molecule has 0 unspecified atom stereocenters. The van der Waals surface area contributed by atoms with E-state index >= 15 is 0 Å². The molecule has 7 nitrogen and oxygen atoms in total. The van der Waals surface area contributed by atoms with E-state index in [0.717, 1.165) is 34.3 Å². The second-order valence-electron chi connectivity index (χ2n) is 8.25. The van der Waals surface area contributed by atoms with E-state index in [1.807, 2.05) is 6.07 Å². The van der Waals surface area contributed by atoms with Gasteiger partial charge >= 0.3 is 0 Å². The second-order valence-corrected chi connectivity index (χ2v) is 13.1. The fourth-order valence-electron chi connectivity index (χ4n) is 4.10. The van der Waals surface area contributed by atoms with Crippen molar-refractivity contribution in [3.05, 3.63) is 70.3 Å². The Hall–Kier alpha value is -2.51. The van der Waals surface area contributed by atoms with E-state index in [1.165, 1.54) is 21.3 Å². The Labute approximate surface area is 219 Å². The smallest absolute Gasteiger partial charge is 0.252 e. The van der Waals surface area contributed by atoms with Crippen LogP contribution in [0.4, 0.5) is 13.9 Å². The van der Waals surface area contributed by atoms with Crippen molar-refractivity contribution in [2.45, 2.75) is 23.6 Å². The van der Waals surface area contributed by atoms with Gasteiger partial charge in [-0.1, -0.05) is 29.0 Å². The Morgan fingerprint density at radius 3 is 2.61 bits per heavy atom. The number of halogens is 3. The maximum absolute atomic E-state index is 14.3. The fourth-order valence-corrected chi connectivity index (χ4v) is 8.22. The van der Waals surface area contributed by atoms with Crippen LogP contribution in [0.3, 0.4) is 0 Å². The minimum absolute atomic E-state index is 0.00379. The molecule has 0 aliphatic carbocycles. The number of aromatic nitrogens is 2. The zero-order valence-corrected chi connectivity index (χ0v) is 21.8. The number of hydrogen-bond donors (Lipinski definition) is 0. The first kappa shape index (κ1) is 25.2. The molecule has 4 heterocycles. The number of anilines is 1. The zero-order valence-electron chi connectivity index (χ0n) is 18.6. The van der Waals surface area contributed by atoms with E-state index in [9.17, 15) is 22.0 Å². The Morgan fingerprint density at radius 1 is 1.17 bits per heavy atom. The second kappa shape index (κ2) is 10.1. The van der Waals surface area contributed by atoms with Gasteiger partial charge in [0.15, 0.2) is 10.9 Å². The van der Waals surface area contributed by atoms with Gasteiger partial charge in [0.25, 0.3) is 10.0 Å². The highest BCUT2D eigenvalue weighted by Crippen LogP contribution is 2.35. The number of nitrogens with zero attached hydrogens (tertiary/aromatic N) is 4. The molecule has 13 heteroatoms. The summed E-state index contributed by atoms with van der Waals surface area (Å²) in [7, 11) is -3.69. The molecule has 1 fully saturated rings. The molecule has 0 bridgehead atoms. The first-order chi connectivity index (χ1) is 17.2. The molecule has 0 spiro atoms. The van der Waals surface area contributed by atoms with Gasteiger partial charge in [-0.15, -0.1) is 11.3 Å². The number of carbonyl (C=O) groups excluding carboxylic acids is 1. The molecule has 4 aromatic rings. The third-order valence-electron chi connectivity index (χ3n) is 5.91. The van der Waals surface area contributed by atoms with E-state index in [0.29, 0.717) is 21.9 Å². The predicted molar refractivity (Wildman–Crippen MR) is 136 cm³/mol. The standard InChI is InChI=1S/C23H19ClF2N4O3S3/c24-19-3-4-20(35-19)36(32,33)29-8-5-15(6-9-29)22(31)30(13-14-2-1-7-27-12-14)23-28-21-17(26)10-16(25)11-18(21)34-23/h1-4,7,10-12,15H,5-6,8-9,13H2. The highest BCUT2D eigenvalue weighted by Gasteiger charge is 2.35. The monoisotopic (exact) mass is 568 g/mol. The van der Waals surface area contributed by atoms with E-state index < -0.39 is 27.6 Å². The van der Waals surface area contributed by atoms with Crippen LogP contribution in [0.1, 0.15) is 18.4 Å². The van der Waals surface area contributed by atoms with Gasteiger partial charge in [-0.25, -0.2) is 22.2 Å². The summed E-state index contributed by atoms with van der Waals surface area (Å²) in [5.41, 5.74) is 0.738. The van der Waals surface area contributed by atoms with Gasteiger partial charge in [-0.3, -0.25) is 14.7 Å². The summed E-state index contributed by atoms with van der Waals surface area (Å²) in [5, 5.41) is 0.242. The van der Waals surface area contributed by atoms with Crippen LogP contribution >= 0.6 is 34.3 Å². The van der Waals surface area contributed by atoms with Crippen LogP contribution in [-0.4, -0.2) is 41.7 Å².